The van der Waals surface area contributed by atoms with Crippen molar-refractivity contribution < 1.29 is 0 Å². The number of hydrogen-bond donors (Lipinski definition) is 1. The van der Waals surface area contributed by atoms with E-state index in [1.165, 1.54) is 39.3 Å². The molecule has 0 saturated carbocycles. The molecule has 4 nitrogen and oxygen atoms in total. The van der Waals surface area contributed by atoms with Gasteiger partial charge in [0.25, 0.3) is 0 Å². The molecule has 2 atom stereocenters. The predicted octanol–water partition coefficient (Wildman–Crippen LogP) is 6.59. The van der Waals surface area contributed by atoms with E-state index in [9.17, 15) is 0 Å². The Labute approximate surface area is 207 Å². The Kier molecular flexibility index (Phi) is 5.74. The van der Waals surface area contributed by atoms with Crippen LogP contribution in [-0.4, -0.2) is 14.7 Å². The Hall–Kier alpha value is -3.44. The summed E-state index contributed by atoms with van der Waals surface area (Å²) in [5, 5.41) is 4.31. The monoisotopic (exact) mass is 466 g/mol. The molecule has 4 aromatic rings. The van der Waals surface area contributed by atoms with Gasteiger partial charge in [-0.15, -0.1) is 0 Å². The smallest absolute Gasteiger partial charge is 0.174 e. The van der Waals surface area contributed by atoms with Crippen LogP contribution < -0.4 is 10.2 Å². The number of thiocarbonyl (C=S) groups is 1. The third kappa shape index (κ3) is 3.70. The third-order valence-electron chi connectivity index (χ3n) is 6.86. The minimum absolute atomic E-state index is 0.0191. The standard InChI is InChI=1S/C29H30N4S/c1-18-12-14-23(15-13-18)33-28(26(31-29(33)34)25-11-6-7-16-30-25)24-17-21(4)32(22(24)5)27-19(2)9-8-10-20(27)3/h6-17,26,28H,1-5H3,(H,31,34)/t26-,28-/m1/s1. The molecule has 3 heterocycles. The van der Waals surface area contributed by atoms with Gasteiger partial charge in [-0.3, -0.25) is 4.98 Å². The van der Waals surface area contributed by atoms with Crippen LogP contribution in [0.2, 0.25) is 0 Å². The van der Waals surface area contributed by atoms with Crippen molar-refractivity contribution in [3.63, 3.8) is 0 Å². The molecule has 0 spiro atoms. The minimum Gasteiger partial charge on any atom is -0.351 e. The summed E-state index contributed by atoms with van der Waals surface area (Å²) < 4.78 is 2.39. The van der Waals surface area contributed by atoms with Gasteiger partial charge in [0.05, 0.1) is 23.5 Å². The van der Waals surface area contributed by atoms with Crippen LogP contribution in [0, 0.1) is 34.6 Å². The highest BCUT2D eigenvalue weighted by atomic mass is 32.1. The zero-order valence-corrected chi connectivity index (χ0v) is 21.1. The molecular formula is C29H30N4S. The highest BCUT2D eigenvalue weighted by Gasteiger charge is 2.42. The topological polar surface area (TPSA) is 33.1 Å². The molecule has 0 bridgehead atoms. The zero-order valence-electron chi connectivity index (χ0n) is 20.3. The first-order valence-corrected chi connectivity index (χ1v) is 12.1. The molecule has 0 amide bonds. The summed E-state index contributed by atoms with van der Waals surface area (Å²) in [5.74, 6) is 0. The van der Waals surface area contributed by atoms with Crippen LogP contribution in [-0.2, 0) is 0 Å². The molecule has 1 aliphatic rings. The molecule has 172 valence electrons. The van der Waals surface area contributed by atoms with Gasteiger partial charge in [0.2, 0.25) is 0 Å². The number of rotatable bonds is 4. The maximum absolute atomic E-state index is 5.91. The molecule has 1 fully saturated rings. The van der Waals surface area contributed by atoms with Crippen molar-refractivity contribution in [2.24, 2.45) is 0 Å². The van der Waals surface area contributed by atoms with Crippen LogP contribution in [0.4, 0.5) is 5.69 Å². The zero-order chi connectivity index (χ0) is 24.0. The summed E-state index contributed by atoms with van der Waals surface area (Å²) in [6, 6.07) is 23.4. The normalized spacial score (nSPS) is 17.8. The molecule has 1 saturated heterocycles. The first-order chi connectivity index (χ1) is 16.4. The van der Waals surface area contributed by atoms with Crippen molar-refractivity contribution >= 4 is 23.0 Å². The second kappa shape index (κ2) is 8.73. The molecule has 2 aromatic carbocycles. The van der Waals surface area contributed by atoms with Crippen molar-refractivity contribution in [2.75, 3.05) is 4.90 Å². The highest BCUT2D eigenvalue weighted by molar-refractivity contribution is 7.80. The Morgan fingerprint density at radius 2 is 1.56 bits per heavy atom. The van der Waals surface area contributed by atoms with E-state index in [1.807, 2.05) is 18.3 Å². The molecule has 34 heavy (non-hydrogen) atoms. The van der Waals surface area contributed by atoms with Gasteiger partial charge in [-0.05, 0) is 93.9 Å². The average molecular weight is 467 g/mol. The number of aryl methyl sites for hydroxylation is 4. The average Bonchev–Trinajstić information content (AvgIpc) is 3.31. The Bertz CT molecular complexity index is 1330. The maximum atomic E-state index is 5.91. The number of nitrogens with one attached hydrogen (secondary N) is 1. The van der Waals surface area contributed by atoms with E-state index in [0.717, 1.165) is 16.5 Å². The Morgan fingerprint density at radius 1 is 0.853 bits per heavy atom. The van der Waals surface area contributed by atoms with E-state index < -0.39 is 0 Å². The van der Waals surface area contributed by atoms with Crippen molar-refractivity contribution in [3.05, 3.63) is 112 Å². The van der Waals surface area contributed by atoms with Gasteiger partial charge in [0, 0.05) is 23.3 Å². The first kappa shape index (κ1) is 22.4. The number of anilines is 1. The van der Waals surface area contributed by atoms with Crippen LogP contribution in [0.5, 0.6) is 0 Å². The number of para-hydroxylation sites is 1. The number of pyridine rings is 1. The van der Waals surface area contributed by atoms with E-state index >= 15 is 0 Å². The molecule has 1 N–H and O–H groups in total. The van der Waals surface area contributed by atoms with Crippen LogP contribution in [0.15, 0.2) is 72.9 Å². The van der Waals surface area contributed by atoms with Crippen molar-refractivity contribution in [3.8, 4) is 5.69 Å². The van der Waals surface area contributed by atoms with E-state index in [1.54, 1.807) is 0 Å². The summed E-state index contributed by atoms with van der Waals surface area (Å²) >= 11 is 5.91. The summed E-state index contributed by atoms with van der Waals surface area (Å²) in [4.78, 5) is 6.96. The van der Waals surface area contributed by atoms with E-state index in [0.29, 0.717) is 0 Å². The van der Waals surface area contributed by atoms with E-state index in [-0.39, 0.29) is 12.1 Å². The quantitative estimate of drug-likeness (QED) is 0.344. The third-order valence-corrected chi connectivity index (χ3v) is 7.18. The van der Waals surface area contributed by atoms with Gasteiger partial charge in [0.1, 0.15) is 0 Å². The predicted molar refractivity (Wildman–Crippen MR) is 144 cm³/mol. The van der Waals surface area contributed by atoms with E-state index in [4.69, 9.17) is 17.2 Å². The first-order valence-electron chi connectivity index (χ1n) is 11.7. The summed E-state index contributed by atoms with van der Waals surface area (Å²) in [5.41, 5.74) is 10.8. The van der Waals surface area contributed by atoms with Crippen molar-refractivity contribution in [1.29, 1.82) is 0 Å². The summed E-state index contributed by atoms with van der Waals surface area (Å²) in [6.45, 7) is 10.9. The second-order valence-corrected chi connectivity index (χ2v) is 9.62. The summed E-state index contributed by atoms with van der Waals surface area (Å²) in [7, 11) is 0. The number of aromatic nitrogens is 2. The highest BCUT2D eigenvalue weighted by Crippen LogP contribution is 2.44. The fourth-order valence-corrected chi connectivity index (χ4v) is 5.59. The fraction of sp³-hybridized carbons (Fsp3) is 0.241. The molecule has 2 aromatic heterocycles. The molecule has 5 heteroatoms. The minimum atomic E-state index is -0.0538. The lowest BCUT2D eigenvalue weighted by Crippen LogP contribution is -2.29. The van der Waals surface area contributed by atoms with Gasteiger partial charge < -0.3 is 14.8 Å². The maximum Gasteiger partial charge on any atom is 0.174 e. The fourth-order valence-electron chi connectivity index (χ4n) is 5.24. The number of benzene rings is 2. The Balaban J connectivity index is 1.71. The largest absolute Gasteiger partial charge is 0.351 e. The lowest BCUT2D eigenvalue weighted by molar-refractivity contribution is 0.565. The van der Waals surface area contributed by atoms with Gasteiger partial charge in [-0.25, -0.2) is 0 Å². The number of nitrogens with zero attached hydrogens (tertiary/aromatic N) is 3. The lowest BCUT2D eigenvalue weighted by atomic mass is 9.96. The van der Waals surface area contributed by atoms with Crippen LogP contribution in [0.25, 0.3) is 5.69 Å². The molecule has 1 aliphatic heterocycles. The van der Waals surface area contributed by atoms with Gasteiger partial charge in [-0.2, -0.15) is 0 Å². The van der Waals surface area contributed by atoms with Gasteiger partial charge in [0.15, 0.2) is 5.11 Å². The summed E-state index contributed by atoms with van der Waals surface area (Å²) in [6.07, 6.45) is 1.85. The van der Waals surface area contributed by atoms with Crippen molar-refractivity contribution in [2.45, 2.75) is 46.7 Å². The lowest BCUT2D eigenvalue weighted by Gasteiger charge is -2.28. The van der Waals surface area contributed by atoms with Gasteiger partial charge in [-0.1, -0.05) is 42.0 Å². The van der Waals surface area contributed by atoms with Crippen LogP contribution >= 0.6 is 12.2 Å². The molecule has 0 aliphatic carbocycles. The van der Waals surface area contributed by atoms with Crippen molar-refractivity contribution in [1.82, 2.24) is 14.9 Å². The molecule has 0 radical (unpaired) electrons. The molecule has 5 rings (SSSR count). The second-order valence-electron chi connectivity index (χ2n) is 9.23. The van der Waals surface area contributed by atoms with E-state index in [2.05, 4.69) is 104 Å². The van der Waals surface area contributed by atoms with Crippen LogP contribution in [0.3, 0.4) is 0 Å². The molecular weight excluding hydrogens is 436 g/mol. The number of hydrogen-bond acceptors (Lipinski definition) is 2. The van der Waals surface area contributed by atoms with Gasteiger partial charge >= 0.3 is 0 Å². The van der Waals surface area contributed by atoms with Crippen LogP contribution in [0.1, 0.15) is 51.4 Å². The molecule has 0 unspecified atom stereocenters. The SMILES string of the molecule is Cc1ccc(N2C(=S)N[C@H](c3ccccn3)[C@H]2c2cc(C)n(-c3c(C)cccc3C)c2C)cc1. The Morgan fingerprint density at radius 3 is 2.21 bits per heavy atom.